The molecule has 0 aromatic heterocycles. The van der Waals surface area contributed by atoms with Gasteiger partial charge in [0.15, 0.2) is 0 Å². The highest BCUT2D eigenvalue weighted by atomic mass is 15.6. The lowest BCUT2D eigenvalue weighted by Crippen LogP contribution is -2.50. The van der Waals surface area contributed by atoms with Gasteiger partial charge in [-0.3, -0.25) is 0 Å². The van der Waals surface area contributed by atoms with Crippen molar-refractivity contribution in [3.05, 3.63) is 0 Å². The molecule has 0 aromatic carbocycles. The summed E-state index contributed by atoms with van der Waals surface area (Å²) < 4.78 is 0. The number of hydrogen-bond acceptors (Lipinski definition) is 3. The van der Waals surface area contributed by atoms with Gasteiger partial charge in [0, 0.05) is 20.1 Å². The summed E-state index contributed by atoms with van der Waals surface area (Å²) in [6, 6.07) is 0. The molecule has 74 valence electrons. The number of rotatable bonds is 6. The molecule has 3 heteroatoms. The molecule has 1 N–H and O–H groups in total. The van der Waals surface area contributed by atoms with Crippen LogP contribution in [0.25, 0.3) is 0 Å². The predicted molar refractivity (Wildman–Crippen MR) is 53.8 cm³/mol. The summed E-state index contributed by atoms with van der Waals surface area (Å²) in [5.74, 6) is 0. The second-order valence-corrected chi connectivity index (χ2v) is 2.95. The maximum Gasteiger partial charge on any atom is 0.0703 e. The van der Waals surface area contributed by atoms with E-state index in [0.29, 0.717) is 6.17 Å². The first kappa shape index (κ1) is 11.9. The Hall–Kier alpha value is -0.120. The Kier molecular flexibility index (Phi) is 6.34. The molecule has 1 unspecified atom stereocenters. The summed E-state index contributed by atoms with van der Waals surface area (Å²) in [6.45, 7) is 11.8. The van der Waals surface area contributed by atoms with Crippen molar-refractivity contribution in [1.82, 2.24) is 15.3 Å². The van der Waals surface area contributed by atoms with Crippen LogP contribution in [0.4, 0.5) is 0 Å². The maximum absolute atomic E-state index is 3.38. The molecule has 0 radical (unpaired) electrons. The zero-order valence-electron chi connectivity index (χ0n) is 9.09. The highest BCUT2D eigenvalue weighted by molar-refractivity contribution is 4.57. The molecule has 0 amide bonds. The highest BCUT2D eigenvalue weighted by Crippen LogP contribution is 1.97. The molecule has 0 rings (SSSR count). The lowest BCUT2D eigenvalue weighted by molar-refractivity contribution is -0.0335. The van der Waals surface area contributed by atoms with Gasteiger partial charge in [0.2, 0.25) is 0 Å². The van der Waals surface area contributed by atoms with Gasteiger partial charge in [0.25, 0.3) is 0 Å². The second-order valence-electron chi connectivity index (χ2n) is 2.95. The smallest absolute Gasteiger partial charge is 0.0703 e. The minimum Gasteiger partial charge on any atom is -0.301 e. The third kappa shape index (κ3) is 3.52. The normalized spacial score (nSPS) is 14.2. The van der Waals surface area contributed by atoms with Gasteiger partial charge in [0.1, 0.15) is 0 Å². The van der Waals surface area contributed by atoms with Gasteiger partial charge in [-0.2, -0.15) is 0 Å². The van der Waals surface area contributed by atoms with E-state index in [0.717, 1.165) is 19.6 Å². The molecular weight excluding hydrogens is 150 g/mol. The van der Waals surface area contributed by atoms with Crippen molar-refractivity contribution in [2.75, 3.05) is 26.7 Å². The van der Waals surface area contributed by atoms with Crippen molar-refractivity contribution in [3.63, 3.8) is 0 Å². The largest absolute Gasteiger partial charge is 0.301 e. The Labute approximate surface area is 76.7 Å². The minimum atomic E-state index is 0.426. The third-order valence-electron chi connectivity index (χ3n) is 2.24. The lowest BCUT2D eigenvalue weighted by atomic mass is 10.5. The minimum absolute atomic E-state index is 0.426. The summed E-state index contributed by atoms with van der Waals surface area (Å²) in [6.07, 6.45) is 0.426. The quantitative estimate of drug-likeness (QED) is 0.480. The molecule has 0 aliphatic carbocycles. The van der Waals surface area contributed by atoms with Crippen LogP contribution in [0.3, 0.4) is 0 Å². The maximum atomic E-state index is 3.38. The summed E-state index contributed by atoms with van der Waals surface area (Å²) in [5, 5.41) is 7.94. The summed E-state index contributed by atoms with van der Waals surface area (Å²) >= 11 is 0. The van der Waals surface area contributed by atoms with E-state index >= 15 is 0 Å². The van der Waals surface area contributed by atoms with Crippen LogP contribution in [0.15, 0.2) is 0 Å². The average molecular weight is 173 g/mol. The molecule has 3 nitrogen and oxygen atoms in total. The first-order valence-corrected chi connectivity index (χ1v) is 4.88. The second kappa shape index (κ2) is 6.40. The molecule has 0 saturated heterocycles. The zero-order chi connectivity index (χ0) is 9.56. The van der Waals surface area contributed by atoms with Crippen molar-refractivity contribution in [2.24, 2.45) is 0 Å². The Bertz CT molecular complexity index is 102. The van der Waals surface area contributed by atoms with Crippen LogP contribution in [0, 0.1) is 0 Å². The molecule has 0 fully saturated rings. The monoisotopic (exact) mass is 173 g/mol. The highest BCUT2D eigenvalue weighted by Gasteiger charge is 2.12. The van der Waals surface area contributed by atoms with Gasteiger partial charge in [-0.15, -0.1) is 0 Å². The van der Waals surface area contributed by atoms with Crippen LogP contribution < -0.4 is 5.32 Å². The van der Waals surface area contributed by atoms with Gasteiger partial charge in [-0.25, -0.2) is 10.0 Å². The molecule has 0 aromatic rings. The van der Waals surface area contributed by atoms with Gasteiger partial charge in [0.05, 0.1) is 6.17 Å². The molecule has 0 spiro atoms. The van der Waals surface area contributed by atoms with E-state index < -0.39 is 0 Å². The first-order valence-electron chi connectivity index (χ1n) is 4.88. The summed E-state index contributed by atoms with van der Waals surface area (Å²) in [5.41, 5.74) is 0. The number of nitrogens with one attached hydrogen (secondary N) is 1. The Morgan fingerprint density at radius 1 is 1.17 bits per heavy atom. The van der Waals surface area contributed by atoms with Crippen LogP contribution >= 0.6 is 0 Å². The predicted octanol–water partition coefficient (Wildman–Crippen LogP) is 1.13. The number of nitrogens with zero attached hydrogens (tertiary/aromatic N) is 2. The lowest BCUT2D eigenvalue weighted by Gasteiger charge is -2.35. The van der Waals surface area contributed by atoms with E-state index in [1.807, 2.05) is 0 Å². The first-order chi connectivity index (χ1) is 5.67. The van der Waals surface area contributed by atoms with E-state index in [1.165, 1.54) is 0 Å². The average Bonchev–Trinajstić information content (AvgIpc) is 2.07. The molecule has 1 atom stereocenters. The third-order valence-corrected chi connectivity index (χ3v) is 2.24. The standard InChI is InChI=1S/C9H23N3/c1-6-10-9(4)11(5)12(7-2)8-3/h9-10H,6-8H2,1-5H3. The van der Waals surface area contributed by atoms with Crippen molar-refractivity contribution >= 4 is 0 Å². The van der Waals surface area contributed by atoms with Gasteiger partial charge >= 0.3 is 0 Å². The fraction of sp³-hybridized carbons (Fsp3) is 1.00. The van der Waals surface area contributed by atoms with E-state index in [4.69, 9.17) is 0 Å². The Morgan fingerprint density at radius 3 is 2.00 bits per heavy atom. The fourth-order valence-corrected chi connectivity index (χ4v) is 1.34. The number of hydrogen-bond donors (Lipinski definition) is 1. The fourth-order valence-electron chi connectivity index (χ4n) is 1.34. The van der Waals surface area contributed by atoms with Crippen LogP contribution in [0.2, 0.25) is 0 Å². The van der Waals surface area contributed by atoms with Crippen LogP contribution in [-0.4, -0.2) is 42.9 Å². The molecule has 0 saturated carbocycles. The molecule has 0 aliphatic heterocycles. The van der Waals surface area contributed by atoms with E-state index in [1.54, 1.807) is 0 Å². The molecule has 0 bridgehead atoms. The van der Waals surface area contributed by atoms with Gasteiger partial charge in [-0.1, -0.05) is 20.8 Å². The van der Waals surface area contributed by atoms with E-state index in [-0.39, 0.29) is 0 Å². The Balaban J connectivity index is 3.87. The van der Waals surface area contributed by atoms with Crippen molar-refractivity contribution in [1.29, 1.82) is 0 Å². The van der Waals surface area contributed by atoms with Crippen LogP contribution in [0.5, 0.6) is 0 Å². The van der Waals surface area contributed by atoms with Crippen molar-refractivity contribution < 1.29 is 0 Å². The van der Waals surface area contributed by atoms with E-state index in [9.17, 15) is 0 Å². The molecule has 0 aliphatic rings. The van der Waals surface area contributed by atoms with Crippen LogP contribution in [-0.2, 0) is 0 Å². The zero-order valence-corrected chi connectivity index (χ0v) is 9.09. The van der Waals surface area contributed by atoms with Gasteiger partial charge in [-0.05, 0) is 13.5 Å². The van der Waals surface area contributed by atoms with Crippen molar-refractivity contribution in [3.8, 4) is 0 Å². The van der Waals surface area contributed by atoms with Crippen molar-refractivity contribution in [2.45, 2.75) is 33.9 Å². The molecule has 0 heterocycles. The van der Waals surface area contributed by atoms with Gasteiger partial charge < -0.3 is 5.32 Å². The van der Waals surface area contributed by atoms with Crippen LogP contribution in [0.1, 0.15) is 27.7 Å². The number of hydrazine groups is 1. The SMILES string of the molecule is CCNC(C)N(C)N(CC)CC. The Morgan fingerprint density at radius 2 is 1.67 bits per heavy atom. The van der Waals surface area contributed by atoms with E-state index in [2.05, 4.69) is 50.1 Å². The summed E-state index contributed by atoms with van der Waals surface area (Å²) in [4.78, 5) is 0. The topological polar surface area (TPSA) is 18.5 Å². The molecular formula is C9H23N3. The molecule has 12 heavy (non-hydrogen) atoms. The summed E-state index contributed by atoms with van der Waals surface area (Å²) in [7, 11) is 2.13.